The number of anilines is 1. The predicted octanol–water partition coefficient (Wildman–Crippen LogP) is 4.50. The first-order valence-electron chi connectivity index (χ1n) is 11.7. The molecule has 8 nitrogen and oxygen atoms in total. The van der Waals surface area contributed by atoms with Crippen molar-refractivity contribution in [3.8, 4) is 0 Å². The summed E-state index contributed by atoms with van der Waals surface area (Å²) in [4.78, 5) is 30.0. The molecular formula is C26H26Cl2N4O4S. The highest BCUT2D eigenvalue weighted by Crippen LogP contribution is 2.27. The minimum atomic E-state index is -3.71. The molecule has 0 radical (unpaired) electrons. The molecule has 0 aliphatic carbocycles. The van der Waals surface area contributed by atoms with Gasteiger partial charge in [0, 0.05) is 42.1 Å². The summed E-state index contributed by atoms with van der Waals surface area (Å²) in [7, 11) is -3.71. The van der Waals surface area contributed by atoms with Crippen LogP contribution in [-0.2, 0) is 27.1 Å². The van der Waals surface area contributed by atoms with Crippen LogP contribution in [0.15, 0.2) is 67.0 Å². The number of carbonyl (C=O) groups excluding carboxylic acids is 2. The van der Waals surface area contributed by atoms with Crippen LogP contribution in [0.2, 0.25) is 10.0 Å². The standard InChI is InChI=1S/C26H26Cl2N4O4S/c27-21-10-9-20(23(28)13-21)17-37(35,36)32-12-4-6-19(16-32)25(33)31-24-8-2-1-7-22(24)26(34)30-15-18-5-3-11-29-14-18/h1-3,5,7-11,13-14,19H,4,6,12,15-17H2,(H,30,34)(H,31,33)/t19-/m1/s1. The molecule has 194 valence electrons. The maximum absolute atomic E-state index is 13.1. The lowest BCUT2D eigenvalue weighted by molar-refractivity contribution is -0.120. The molecular weight excluding hydrogens is 535 g/mol. The van der Waals surface area contributed by atoms with Crippen molar-refractivity contribution in [2.24, 2.45) is 5.92 Å². The average Bonchev–Trinajstić information content (AvgIpc) is 2.90. The number of aromatic nitrogens is 1. The number of carbonyl (C=O) groups is 2. The second-order valence-corrected chi connectivity index (χ2v) is 11.6. The molecule has 2 heterocycles. The normalized spacial score (nSPS) is 16.2. The molecule has 1 atom stereocenters. The van der Waals surface area contributed by atoms with Gasteiger partial charge in [0.2, 0.25) is 15.9 Å². The van der Waals surface area contributed by atoms with Crippen molar-refractivity contribution < 1.29 is 18.0 Å². The van der Waals surface area contributed by atoms with Crippen LogP contribution in [0.5, 0.6) is 0 Å². The summed E-state index contributed by atoms with van der Waals surface area (Å²) >= 11 is 12.1. The number of hydrogen-bond acceptors (Lipinski definition) is 5. The van der Waals surface area contributed by atoms with Crippen molar-refractivity contribution in [3.63, 3.8) is 0 Å². The Morgan fingerprint density at radius 2 is 1.89 bits per heavy atom. The van der Waals surface area contributed by atoms with Gasteiger partial charge in [-0.3, -0.25) is 14.6 Å². The summed E-state index contributed by atoms with van der Waals surface area (Å²) in [6.45, 7) is 0.668. The molecule has 0 bridgehead atoms. The maximum Gasteiger partial charge on any atom is 0.253 e. The van der Waals surface area contributed by atoms with E-state index in [9.17, 15) is 18.0 Å². The molecule has 1 fully saturated rings. The molecule has 1 aliphatic rings. The predicted molar refractivity (Wildman–Crippen MR) is 144 cm³/mol. The zero-order valence-electron chi connectivity index (χ0n) is 19.9. The zero-order chi connectivity index (χ0) is 26.4. The zero-order valence-corrected chi connectivity index (χ0v) is 22.2. The van der Waals surface area contributed by atoms with E-state index in [0.29, 0.717) is 47.8 Å². The number of nitrogens with one attached hydrogen (secondary N) is 2. The smallest absolute Gasteiger partial charge is 0.253 e. The summed E-state index contributed by atoms with van der Waals surface area (Å²) in [5.41, 5.74) is 1.98. The summed E-state index contributed by atoms with van der Waals surface area (Å²) < 4.78 is 27.5. The van der Waals surface area contributed by atoms with Crippen molar-refractivity contribution >= 4 is 50.7 Å². The number of para-hydroxylation sites is 1. The first-order valence-corrected chi connectivity index (χ1v) is 14.1. The molecule has 3 aromatic rings. The van der Waals surface area contributed by atoms with Gasteiger partial charge >= 0.3 is 0 Å². The minimum absolute atomic E-state index is 0.0503. The van der Waals surface area contributed by atoms with Crippen LogP contribution >= 0.6 is 23.2 Å². The van der Waals surface area contributed by atoms with Crippen molar-refractivity contribution in [3.05, 3.63) is 93.7 Å². The van der Waals surface area contributed by atoms with Gasteiger partial charge in [-0.05, 0) is 54.3 Å². The molecule has 2 amide bonds. The number of amides is 2. The summed E-state index contributed by atoms with van der Waals surface area (Å²) in [5.74, 6) is -1.52. The molecule has 11 heteroatoms. The second-order valence-electron chi connectivity index (χ2n) is 8.77. The van der Waals surface area contributed by atoms with E-state index in [2.05, 4.69) is 15.6 Å². The van der Waals surface area contributed by atoms with E-state index in [0.717, 1.165) is 5.56 Å². The Hall–Kier alpha value is -2.98. The van der Waals surface area contributed by atoms with Crippen LogP contribution in [0.3, 0.4) is 0 Å². The highest BCUT2D eigenvalue weighted by Gasteiger charge is 2.33. The number of sulfonamides is 1. The lowest BCUT2D eigenvalue weighted by Gasteiger charge is -2.31. The fourth-order valence-corrected chi connectivity index (χ4v) is 6.34. The largest absolute Gasteiger partial charge is 0.348 e. The monoisotopic (exact) mass is 560 g/mol. The molecule has 0 saturated carbocycles. The van der Waals surface area contributed by atoms with Crippen LogP contribution in [0.4, 0.5) is 5.69 Å². The van der Waals surface area contributed by atoms with E-state index >= 15 is 0 Å². The van der Waals surface area contributed by atoms with Gasteiger partial charge in [0.05, 0.1) is 22.9 Å². The van der Waals surface area contributed by atoms with Crippen LogP contribution < -0.4 is 10.6 Å². The Balaban J connectivity index is 1.41. The van der Waals surface area contributed by atoms with Crippen LogP contribution in [0, 0.1) is 5.92 Å². The lowest BCUT2D eigenvalue weighted by atomic mass is 9.98. The van der Waals surface area contributed by atoms with Crippen molar-refractivity contribution in [1.29, 1.82) is 0 Å². The van der Waals surface area contributed by atoms with E-state index in [1.54, 1.807) is 54.9 Å². The molecule has 0 spiro atoms. The van der Waals surface area contributed by atoms with Crippen molar-refractivity contribution in [1.82, 2.24) is 14.6 Å². The number of benzene rings is 2. The second kappa shape index (κ2) is 12.0. The van der Waals surface area contributed by atoms with Gasteiger partial charge in [0.15, 0.2) is 0 Å². The van der Waals surface area contributed by atoms with Gasteiger partial charge in [-0.2, -0.15) is 0 Å². The molecule has 2 aromatic carbocycles. The van der Waals surface area contributed by atoms with Gasteiger partial charge in [-0.15, -0.1) is 0 Å². The number of pyridine rings is 1. The minimum Gasteiger partial charge on any atom is -0.348 e. The maximum atomic E-state index is 13.1. The van der Waals surface area contributed by atoms with Crippen molar-refractivity contribution in [2.45, 2.75) is 25.1 Å². The van der Waals surface area contributed by atoms with E-state index in [-0.39, 0.29) is 29.1 Å². The number of piperidine rings is 1. The molecule has 2 N–H and O–H groups in total. The van der Waals surface area contributed by atoms with Crippen LogP contribution in [-0.4, -0.2) is 42.6 Å². The fourth-order valence-electron chi connectivity index (χ4n) is 4.14. The Morgan fingerprint density at radius 3 is 2.65 bits per heavy atom. The average molecular weight is 561 g/mol. The van der Waals surface area contributed by atoms with Gasteiger partial charge in [-0.25, -0.2) is 12.7 Å². The van der Waals surface area contributed by atoms with Crippen LogP contribution in [0.25, 0.3) is 0 Å². The van der Waals surface area contributed by atoms with E-state index < -0.39 is 15.9 Å². The molecule has 1 aliphatic heterocycles. The Labute approximate surface area is 226 Å². The number of rotatable bonds is 8. The highest BCUT2D eigenvalue weighted by molar-refractivity contribution is 7.88. The third-order valence-electron chi connectivity index (χ3n) is 6.11. The third kappa shape index (κ3) is 7.07. The lowest BCUT2D eigenvalue weighted by Crippen LogP contribution is -2.44. The topological polar surface area (TPSA) is 108 Å². The van der Waals surface area contributed by atoms with Crippen molar-refractivity contribution in [2.75, 3.05) is 18.4 Å². The Morgan fingerprint density at radius 1 is 1.08 bits per heavy atom. The van der Waals surface area contributed by atoms with E-state index in [4.69, 9.17) is 23.2 Å². The molecule has 37 heavy (non-hydrogen) atoms. The Bertz CT molecular complexity index is 1390. The number of hydrogen-bond donors (Lipinski definition) is 2. The van der Waals surface area contributed by atoms with E-state index in [1.165, 1.54) is 10.4 Å². The first-order chi connectivity index (χ1) is 17.7. The SMILES string of the molecule is O=C(NCc1cccnc1)c1ccccc1NC(=O)[C@@H]1CCCN(S(=O)(=O)Cc2ccc(Cl)cc2Cl)C1. The molecule has 0 unspecified atom stereocenters. The van der Waals surface area contributed by atoms with E-state index in [1.807, 2.05) is 6.07 Å². The third-order valence-corrected chi connectivity index (χ3v) is 8.49. The van der Waals surface area contributed by atoms with Gasteiger partial charge < -0.3 is 10.6 Å². The molecule has 4 rings (SSSR count). The fraction of sp³-hybridized carbons (Fsp3) is 0.269. The van der Waals surface area contributed by atoms with Crippen LogP contribution in [0.1, 0.15) is 34.3 Å². The highest BCUT2D eigenvalue weighted by atomic mass is 35.5. The van der Waals surface area contributed by atoms with Gasteiger partial charge in [0.1, 0.15) is 0 Å². The molecule has 1 saturated heterocycles. The number of nitrogens with zero attached hydrogens (tertiary/aromatic N) is 2. The number of halogens is 2. The first kappa shape index (κ1) is 27.1. The summed E-state index contributed by atoms with van der Waals surface area (Å²) in [6.07, 6.45) is 4.40. The van der Waals surface area contributed by atoms with Gasteiger partial charge in [0.25, 0.3) is 5.91 Å². The molecule has 1 aromatic heterocycles. The quantitative estimate of drug-likeness (QED) is 0.421. The summed E-state index contributed by atoms with van der Waals surface area (Å²) in [5, 5.41) is 6.36. The van der Waals surface area contributed by atoms with Gasteiger partial charge in [-0.1, -0.05) is 47.5 Å². The Kier molecular flexibility index (Phi) is 8.81. The summed E-state index contributed by atoms with van der Waals surface area (Å²) in [6, 6.07) is 15.0.